The second-order valence-corrected chi connectivity index (χ2v) is 7.33. The number of methoxy groups -OCH3 is 1. The van der Waals surface area contributed by atoms with Crippen molar-refractivity contribution in [1.29, 1.82) is 0 Å². The van der Waals surface area contributed by atoms with E-state index in [1.807, 2.05) is 0 Å². The highest BCUT2D eigenvalue weighted by atomic mass is 32.2. The van der Waals surface area contributed by atoms with Crippen molar-refractivity contribution in [1.82, 2.24) is 14.1 Å². The van der Waals surface area contributed by atoms with Crippen LogP contribution < -0.4 is 4.74 Å². The number of halogens is 3. The van der Waals surface area contributed by atoms with Crippen molar-refractivity contribution in [2.45, 2.75) is 19.3 Å². The number of ether oxygens (including phenoxy) is 1. The van der Waals surface area contributed by atoms with Gasteiger partial charge in [0.15, 0.2) is 5.75 Å². The van der Waals surface area contributed by atoms with Crippen molar-refractivity contribution in [3.8, 4) is 11.4 Å². The Kier molecular flexibility index (Phi) is 4.04. The molecule has 0 spiro atoms. The summed E-state index contributed by atoms with van der Waals surface area (Å²) in [6, 6.07) is 7.12. The summed E-state index contributed by atoms with van der Waals surface area (Å²) >= 11 is 0. The number of benzene rings is 1. The Morgan fingerprint density at radius 2 is 1.96 bits per heavy atom. The largest absolute Gasteiger partial charge is 0.494 e. The maximum Gasteiger partial charge on any atom is 0.404 e. The molecule has 0 atom stereocenters. The van der Waals surface area contributed by atoms with Gasteiger partial charge in [-0.3, -0.25) is 0 Å². The molecule has 1 aliphatic rings. The Balaban J connectivity index is 1.83. The second kappa shape index (κ2) is 5.78. The quantitative estimate of drug-likeness (QED) is 0.837. The lowest BCUT2D eigenvalue weighted by Gasteiger charge is -2.17. The zero-order valence-corrected chi connectivity index (χ0v) is 13.4. The molecule has 0 fully saturated rings. The maximum atomic E-state index is 12.4. The van der Waals surface area contributed by atoms with Crippen LogP contribution in [0.4, 0.5) is 13.2 Å². The van der Waals surface area contributed by atoms with E-state index in [0.29, 0.717) is 22.7 Å². The van der Waals surface area contributed by atoms with Gasteiger partial charge >= 0.3 is 6.18 Å². The van der Waals surface area contributed by atoms with Crippen molar-refractivity contribution < 1.29 is 26.3 Å². The molecule has 0 saturated carbocycles. The predicted octanol–water partition coefficient (Wildman–Crippen LogP) is 2.09. The number of rotatable bonds is 4. The summed E-state index contributed by atoms with van der Waals surface area (Å²) in [7, 11) is -2.90. The summed E-state index contributed by atoms with van der Waals surface area (Å²) in [5.41, 5.74) is 1.68. The van der Waals surface area contributed by atoms with Crippen molar-refractivity contribution in [3.05, 3.63) is 41.7 Å². The van der Waals surface area contributed by atoms with Crippen LogP contribution >= 0.6 is 0 Å². The first-order valence-electron chi connectivity index (χ1n) is 6.95. The number of fused-ring (bicyclic) bond motifs is 1. The van der Waals surface area contributed by atoms with Crippen LogP contribution in [-0.2, 0) is 23.1 Å². The molecular formula is C14H14F3N3O3S. The third-order valence-corrected chi connectivity index (χ3v) is 5.36. The van der Waals surface area contributed by atoms with Gasteiger partial charge in [0.1, 0.15) is 11.4 Å². The van der Waals surface area contributed by atoms with Crippen LogP contribution in [0.1, 0.15) is 11.3 Å². The topological polar surface area (TPSA) is 64.4 Å². The summed E-state index contributed by atoms with van der Waals surface area (Å²) in [6.45, 7) is -0.293. The third-order valence-electron chi connectivity index (χ3n) is 3.62. The Hall–Kier alpha value is -2.07. The highest BCUT2D eigenvalue weighted by molar-refractivity contribution is 7.89. The van der Waals surface area contributed by atoms with Crippen LogP contribution in [0.5, 0.6) is 5.75 Å². The lowest BCUT2D eigenvalue weighted by atomic mass is 10.3. The highest BCUT2D eigenvalue weighted by Crippen LogP contribution is 2.30. The van der Waals surface area contributed by atoms with Crippen molar-refractivity contribution in [2.75, 3.05) is 12.9 Å². The van der Waals surface area contributed by atoms with E-state index in [1.165, 1.54) is 11.8 Å². The van der Waals surface area contributed by atoms with Gasteiger partial charge < -0.3 is 4.74 Å². The summed E-state index contributed by atoms with van der Waals surface area (Å²) in [4.78, 5) is 0. The van der Waals surface area contributed by atoms with E-state index >= 15 is 0 Å². The van der Waals surface area contributed by atoms with Gasteiger partial charge in [-0.15, -0.1) is 0 Å². The summed E-state index contributed by atoms with van der Waals surface area (Å²) in [5, 5.41) is 4.28. The standard InChI is InChI=1S/C14H14F3N3O3S/c1-23-13-5-3-2-4-12(13)20-7-10-6-19(8-11(10)18-20)24(21,22)9-14(15,16)17/h2-5,7H,6,8-9H2,1H3. The number of hydrogen-bond acceptors (Lipinski definition) is 4. The molecule has 0 N–H and O–H groups in total. The van der Waals surface area contributed by atoms with Crippen LogP contribution in [0.25, 0.3) is 5.69 Å². The molecule has 6 nitrogen and oxygen atoms in total. The van der Waals surface area contributed by atoms with Crippen LogP contribution in [0.15, 0.2) is 30.5 Å². The maximum absolute atomic E-state index is 12.4. The lowest BCUT2D eigenvalue weighted by Crippen LogP contribution is -2.34. The molecule has 1 aromatic carbocycles. The first-order valence-corrected chi connectivity index (χ1v) is 8.56. The number of nitrogens with zero attached hydrogens (tertiary/aromatic N) is 3. The molecule has 2 aromatic rings. The molecule has 0 bridgehead atoms. The van der Waals surface area contributed by atoms with Gasteiger partial charge in [0.2, 0.25) is 10.0 Å². The van der Waals surface area contributed by atoms with E-state index in [2.05, 4.69) is 5.10 Å². The van der Waals surface area contributed by atoms with E-state index < -0.39 is 22.0 Å². The normalized spacial score (nSPS) is 15.5. The van der Waals surface area contributed by atoms with Crippen molar-refractivity contribution >= 4 is 10.0 Å². The summed E-state index contributed by atoms with van der Waals surface area (Å²) < 4.78 is 68.4. The van der Waals surface area contributed by atoms with Gasteiger partial charge in [-0.2, -0.15) is 22.6 Å². The molecular weight excluding hydrogens is 347 g/mol. The lowest BCUT2D eigenvalue weighted by molar-refractivity contribution is -0.107. The molecule has 130 valence electrons. The Labute approximate surface area is 136 Å². The van der Waals surface area contributed by atoms with Crippen LogP contribution in [0.2, 0.25) is 0 Å². The average molecular weight is 361 g/mol. The smallest absolute Gasteiger partial charge is 0.404 e. The SMILES string of the molecule is COc1ccccc1-n1cc2c(n1)CN(S(=O)(=O)CC(F)(F)F)C2. The van der Waals surface area contributed by atoms with Gasteiger partial charge in [-0.1, -0.05) is 12.1 Å². The minimum absolute atomic E-state index is 0.122. The molecule has 0 amide bonds. The number of aromatic nitrogens is 2. The fourth-order valence-electron chi connectivity index (χ4n) is 2.56. The fraction of sp³-hybridized carbons (Fsp3) is 0.357. The molecule has 1 aliphatic heterocycles. The van der Waals surface area contributed by atoms with Crippen molar-refractivity contribution in [2.24, 2.45) is 0 Å². The van der Waals surface area contributed by atoms with Gasteiger partial charge in [0.05, 0.1) is 19.3 Å². The highest BCUT2D eigenvalue weighted by Gasteiger charge is 2.41. The monoisotopic (exact) mass is 361 g/mol. The molecule has 2 heterocycles. The zero-order chi connectivity index (χ0) is 17.5. The molecule has 0 radical (unpaired) electrons. The zero-order valence-electron chi connectivity index (χ0n) is 12.6. The predicted molar refractivity (Wildman–Crippen MR) is 79.2 cm³/mol. The minimum Gasteiger partial charge on any atom is -0.494 e. The van der Waals surface area contributed by atoms with E-state index in [0.717, 1.165) is 4.31 Å². The van der Waals surface area contributed by atoms with Crippen molar-refractivity contribution in [3.63, 3.8) is 0 Å². The second-order valence-electron chi connectivity index (χ2n) is 5.36. The first kappa shape index (κ1) is 16.8. The van der Waals surface area contributed by atoms with Gasteiger partial charge in [0, 0.05) is 18.3 Å². The molecule has 1 aromatic heterocycles. The van der Waals surface area contributed by atoms with E-state index in [4.69, 9.17) is 4.74 Å². The van der Waals surface area contributed by atoms with E-state index in [9.17, 15) is 21.6 Å². The molecule has 10 heteroatoms. The van der Waals surface area contributed by atoms with E-state index in [1.54, 1.807) is 30.5 Å². The average Bonchev–Trinajstić information content (AvgIpc) is 3.03. The fourth-order valence-corrected chi connectivity index (χ4v) is 3.81. The number of alkyl halides is 3. The van der Waals surface area contributed by atoms with Crippen LogP contribution in [0.3, 0.4) is 0 Å². The number of hydrogen-bond donors (Lipinski definition) is 0. The van der Waals surface area contributed by atoms with Crippen LogP contribution in [0, 0.1) is 0 Å². The molecule has 0 aliphatic carbocycles. The summed E-state index contributed by atoms with van der Waals surface area (Å²) in [6.07, 6.45) is -3.16. The summed E-state index contributed by atoms with van der Waals surface area (Å²) in [5.74, 6) is -1.28. The molecule has 0 saturated heterocycles. The Morgan fingerprint density at radius 1 is 1.25 bits per heavy atom. The molecule has 0 unspecified atom stereocenters. The molecule has 24 heavy (non-hydrogen) atoms. The minimum atomic E-state index is -4.77. The number of sulfonamides is 1. The molecule has 3 rings (SSSR count). The van der Waals surface area contributed by atoms with Gasteiger partial charge in [-0.05, 0) is 12.1 Å². The van der Waals surface area contributed by atoms with Gasteiger partial charge in [0.25, 0.3) is 0 Å². The van der Waals surface area contributed by atoms with Crippen LogP contribution in [-0.4, -0.2) is 41.5 Å². The van der Waals surface area contributed by atoms with E-state index in [-0.39, 0.29) is 13.1 Å². The Morgan fingerprint density at radius 3 is 2.58 bits per heavy atom. The van der Waals surface area contributed by atoms with Gasteiger partial charge in [-0.25, -0.2) is 13.1 Å². The Bertz CT molecular complexity index is 838. The third kappa shape index (κ3) is 3.24. The number of para-hydroxylation sites is 2. The first-order chi connectivity index (χ1) is 11.2.